The van der Waals surface area contributed by atoms with E-state index >= 15 is 0 Å². The lowest BCUT2D eigenvalue weighted by Crippen LogP contribution is -2.25. The summed E-state index contributed by atoms with van der Waals surface area (Å²) in [7, 11) is 0. The second-order valence-electron chi connectivity index (χ2n) is 12.9. The van der Waals surface area contributed by atoms with Crippen LogP contribution < -0.4 is 5.32 Å². The van der Waals surface area contributed by atoms with Crippen LogP contribution in [-0.4, -0.2) is 0 Å². The summed E-state index contributed by atoms with van der Waals surface area (Å²) in [6.07, 6.45) is 0. The van der Waals surface area contributed by atoms with Gasteiger partial charge in [-0.3, -0.25) is 0 Å². The first-order valence-corrected chi connectivity index (χ1v) is 16.7. The Labute approximate surface area is 280 Å². The van der Waals surface area contributed by atoms with E-state index in [1.807, 2.05) is 0 Å². The van der Waals surface area contributed by atoms with E-state index < -0.39 is 0 Å². The van der Waals surface area contributed by atoms with Crippen LogP contribution in [0, 0.1) is 0 Å². The first-order chi connectivity index (χ1) is 23.8. The number of fused-ring (bicyclic) bond motifs is 11. The van der Waals surface area contributed by atoms with Crippen molar-refractivity contribution in [3.63, 3.8) is 0 Å². The molecule has 0 aromatic heterocycles. The Hall–Kier alpha value is -6.18. The zero-order valence-corrected chi connectivity index (χ0v) is 26.3. The topological polar surface area (TPSA) is 12.0 Å². The Morgan fingerprint density at radius 2 is 0.812 bits per heavy atom. The molecule has 0 saturated heterocycles. The molecule has 0 radical (unpaired) electrons. The third-order valence-electron chi connectivity index (χ3n) is 10.5. The van der Waals surface area contributed by atoms with E-state index in [2.05, 4.69) is 187 Å². The summed E-state index contributed by atoms with van der Waals surface area (Å²) >= 11 is 0. The standard InChI is InChI=1S/C47H31N/c1-2-13-36-33(11-1)12-9-17-37(36)34-25-23-31(24-26-34)32-27-29-35(30-28-32)48-45-22-10-21-44-46(45)40-16-5-8-20-43(40)47(44)41-18-6-3-14-38(41)39-15-4-7-19-42(39)47/h1-30,48H. The largest absolute Gasteiger partial charge is 0.355 e. The third-order valence-corrected chi connectivity index (χ3v) is 10.5. The van der Waals surface area contributed by atoms with Gasteiger partial charge in [0.2, 0.25) is 0 Å². The molecular formula is C47H31N. The number of benzene rings is 8. The van der Waals surface area contributed by atoms with Crippen molar-refractivity contribution in [1.82, 2.24) is 0 Å². The molecule has 0 atom stereocenters. The Morgan fingerprint density at radius 3 is 1.52 bits per heavy atom. The molecule has 1 heteroatoms. The summed E-state index contributed by atoms with van der Waals surface area (Å²) in [5, 5.41) is 6.38. The maximum atomic E-state index is 3.83. The van der Waals surface area contributed by atoms with Crippen molar-refractivity contribution in [3.05, 3.63) is 204 Å². The van der Waals surface area contributed by atoms with Crippen molar-refractivity contribution in [2.24, 2.45) is 0 Å². The fraction of sp³-hybridized carbons (Fsp3) is 0.0213. The Morgan fingerprint density at radius 1 is 0.333 bits per heavy atom. The molecule has 0 aliphatic heterocycles. The fourth-order valence-corrected chi connectivity index (χ4v) is 8.47. The van der Waals surface area contributed by atoms with E-state index in [0.717, 1.165) is 11.4 Å². The van der Waals surface area contributed by atoms with E-state index in [-0.39, 0.29) is 5.41 Å². The zero-order valence-electron chi connectivity index (χ0n) is 26.3. The fourth-order valence-electron chi connectivity index (χ4n) is 8.47. The van der Waals surface area contributed by atoms with Gasteiger partial charge in [0, 0.05) is 16.9 Å². The highest BCUT2D eigenvalue weighted by molar-refractivity contribution is 6.00. The van der Waals surface area contributed by atoms with Gasteiger partial charge in [0.15, 0.2) is 0 Å². The van der Waals surface area contributed by atoms with Crippen molar-refractivity contribution < 1.29 is 0 Å². The van der Waals surface area contributed by atoms with Gasteiger partial charge in [-0.05, 0) is 90.2 Å². The molecule has 10 rings (SSSR count). The first kappa shape index (κ1) is 27.0. The minimum atomic E-state index is -0.334. The van der Waals surface area contributed by atoms with Crippen molar-refractivity contribution in [2.45, 2.75) is 5.41 Å². The van der Waals surface area contributed by atoms with Gasteiger partial charge in [-0.15, -0.1) is 0 Å². The number of nitrogens with one attached hydrogen (secondary N) is 1. The van der Waals surface area contributed by atoms with Gasteiger partial charge in [-0.2, -0.15) is 0 Å². The van der Waals surface area contributed by atoms with Crippen molar-refractivity contribution in [1.29, 1.82) is 0 Å². The maximum Gasteiger partial charge on any atom is 0.0726 e. The summed E-state index contributed by atoms with van der Waals surface area (Å²) in [6, 6.07) is 66.6. The second-order valence-corrected chi connectivity index (χ2v) is 12.9. The van der Waals surface area contributed by atoms with Crippen LogP contribution in [0.1, 0.15) is 22.3 Å². The third kappa shape index (κ3) is 3.79. The number of hydrogen-bond donors (Lipinski definition) is 1. The Balaban J connectivity index is 1.01. The highest BCUT2D eigenvalue weighted by Gasteiger charge is 2.51. The average molecular weight is 610 g/mol. The van der Waals surface area contributed by atoms with Crippen molar-refractivity contribution in [3.8, 4) is 44.5 Å². The molecule has 0 saturated carbocycles. The number of anilines is 2. The smallest absolute Gasteiger partial charge is 0.0726 e. The molecule has 0 heterocycles. The molecule has 1 nitrogen and oxygen atoms in total. The first-order valence-electron chi connectivity index (χ1n) is 16.7. The molecule has 48 heavy (non-hydrogen) atoms. The van der Waals surface area contributed by atoms with Gasteiger partial charge in [0.1, 0.15) is 0 Å². The lowest BCUT2D eigenvalue weighted by atomic mass is 9.70. The number of rotatable bonds is 4. The molecule has 1 spiro atoms. The monoisotopic (exact) mass is 609 g/mol. The van der Waals surface area contributed by atoms with Gasteiger partial charge in [0.25, 0.3) is 0 Å². The Kier molecular flexibility index (Phi) is 5.86. The van der Waals surface area contributed by atoms with E-state index in [9.17, 15) is 0 Å². The summed E-state index contributed by atoms with van der Waals surface area (Å²) in [5.74, 6) is 0. The van der Waals surface area contributed by atoms with Crippen LogP contribution >= 0.6 is 0 Å². The molecule has 0 fully saturated rings. The van der Waals surface area contributed by atoms with E-state index in [1.165, 1.54) is 77.5 Å². The number of hydrogen-bond acceptors (Lipinski definition) is 1. The van der Waals surface area contributed by atoms with Crippen LogP contribution in [0.4, 0.5) is 11.4 Å². The molecule has 224 valence electrons. The van der Waals surface area contributed by atoms with Crippen LogP contribution in [0.25, 0.3) is 55.3 Å². The lowest BCUT2D eigenvalue weighted by Gasteiger charge is -2.30. The quantitative estimate of drug-likeness (QED) is 0.209. The van der Waals surface area contributed by atoms with Crippen LogP contribution in [0.3, 0.4) is 0 Å². The summed E-state index contributed by atoms with van der Waals surface area (Å²) < 4.78 is 0. The molecule has 0 unspecified atom stereocenters. The molecule has 8 aromatic rings. The maximum absolute atomic E-state index is 3.83. The van der Waals surface area contributed by atoms with Crippen molar-refractivity contribution in [2.75, 3.05) is 5.32 Å². The predicted octanol–water partition coefficient (Wildman–Crippen LogP) is 12.3. The van der Waals surface area contributed by atoms with E-state index in [0.29, 0.717) is 0 Å². The predicted molar refractivity (Wildman–Crippen MR) is 201 cm³/mol. The molecule has 8 aromatic carbocycles. The van der Waals surface area contributed by atoms with E-state index in [1.54, 1.807) is 0 Å². The minimum Gasteiger partial charge on any atom is -0.355 e. The van der Waals surface area contributed by atoms with Crippen LogP contribution in [0.2, 0.25) is 0 Å². The lowest BCUT2D eigenvalue weighted by molar-refractivity contribution is 0.794. The SMILES string of the molecule is c1ccc2c(c1)-c1ccccc1C21c2ccccc2-c2c(Nc3ccc(-c4ccc(-c5cccc6ccccc56)cc4)cc3)cccc21. The Bertz CT molecular complexity index is 2470. The second kappa shape index (κ2) is 10.4. The molecule has 1 N–H and O–H groups in total. The molecular weight excluding hydrogens is 579 g/mol. The summed E-state index contributed by atoms with van der Waals surface area (Å²) in [5.41, 5.74) is 17.4. The van der Waals surface area contributed by atoms with Crippen molar-refractivity contribution >= 4 is 22.1 Å². The van der Waals surface area contributed by atoms with Crippen LogP contribution in [0.15, 0.2) is 182 Å². The van der Waals surface area contributed by atoms with Gasteiger partial charge in [-0.25, -0.2) is 0 Å². The molecule has 0 amide bonds. The van der Waals surface area contributed by atoms with Crippen LogP contribution in [-0.2, 0) is 5.41 Å². The molecule has 2 aliphatic rings. The highest BCUT2D eigenvalue weighted by Crippen LogP contribution is 2.63. The van der Waals surface area contributed by atoms with E-state index in [4.69, 9.17) is 0 Å². The van der Waals surface area contributed by atoms with Gasteiger partial charge in [-0.1, -0.05) is 164 Å². The van der Waals surface area contributed by atoms with Gasteiger partial charge >= 0.3 is 0 Å². The summed E-state index contributed by atoms with van der Waals surface area (Å²) in [4.78, 5) is 0. The molecule has 0 bridgehead atoms. The average Bonchev–Trinajstić information content (AvgIpc) is 3.63. The normalized spacial score (nSPS) is 13.2. The zero-order chi connectivity index (χ0) is 31.7. The van der Waals surface area contributed by atoms with Gasteiger partial charge < -0.3 is 5.32 Å². The van der Waals surface area contributed by atoms with Crippen LogP contribution in [0.5, 0.6) is 0 Å². The summed E-state index contributed by atoms with van der Waals surface area (Å²) in [6.45, 7) is 0. The molecule has 2 aliphatic carbocycles. The highest BCUT2D eigenvalue weighted by atomic mass is 14.9. The minimum absolute atomic E-state index is 0.334. The van der Waals surface area contributed by atoms with Gasteiger partial charge in [0.05, 0.1) is 5.41 Å².